The number of alkyl halides is 3. The summed E-state index contributed by atoms with van der Waals surface area (Å²) in [5.41, 5.74) is -0.622. The van der Waals surface area contributed by atoms with E-state index in [-0.39, 0.29) is 23.5 Å². The first kappa shape index (κ1) is 24.5. The van der Waals surface area contributed by atoms with Gasteiger partial charge in [0.25, 0.3) is 5.91 Å². The van der Waals surface area contributed by atoms with Crippen molar-refractivity contribution in [1.82, 2.24) is 9.80 Å². The van der Waals surface area contributed by atoms with Crippen molar-refractivity contribution in [1.29, 1.82) is 0 Å². The predicted octanol–water partition coefficient (Wildman–Crippen LogP) is 4.76. The quantitative estimate of drug-likeness (QED) is 0.537. The van der Waals surface area contributed by atoms with E-state index < -0.39 is 30.1 Å². The van der Waals surface area contributed by atoms with Gasteiger partial charge in [0.15, 0.2) is 18.2 Å². The summed E-state index contributed by atoms with van der Waals surface area (Å²) in [6.07, 6.45) is -4.56. The first-order valence-corrected chi connectivity index (χ1v) is 11.0. The molecule has 32 heavy (non-hydrogen) atoms. The summed E-state index contributed by atoms with van der Waals surface area (Å²) in [4.78, 5) is 16.4. The lowest BCUT2D eigenvalue weighted by atomic mass is 10.0. The Morgan fingerprint density at radius 3 is 2.41 bits per heavy atom. The molecule has 1 aliphatic rings. The highest BCUT2D eigenvalue weighted by molar-refractivity contribution is 9.10. The lowest BCUT2D eigenvalue weighted by molar-refractivity contribution is -0.138. The second kappa shape index (κ2) is 10.6. The maximum absolute atomic E-state index is 13.8. The van der Waals surface area contributed by atoms with E-state index in [1.165, 1.54) is 24.3 Å². The Bertz CT molecular complexity index is 947. The fourth-order valence-corrected chi connectivity index (χ4v) is 3.83. The van der Waals surface area contributed by atoms with E-state index in [1.807, 2.05) is 4.90 Å². The van der Waals surface area contributed by atoms with Gasteiger partial charge in [-0.1, -0.05) is 28.9 Å². The van der Waals surface area contributed by atoms with Crippen LogP contribution in [0.3, 0.4) is 0 Å². The number of nitrogens with zero attached hydrogens (tertiary/aromatic N) is 2. The topological polar surface area (TPSA) is 44.8 Å². The van der Waals surface area contributed by atoms with Crippen LogP contribution in [0.1, 0.15) is 18.1 Å². The SMILES string of the molecule is CCN1CCN(Cc2ccc(NC(=O)COc3ccc(Br)cc3F)cc2C(F)(F)F)CC1. The summed E-state index contributed by atoms with van der Waals surface area (Å²) in [7, 11) is 0. The van der Waals surface area contributed by atoms with E-state index in [0.717, 1.165) is 25.7 Å². The van der Waals surface area contributed by atoms with Gasteiger partial charge in [0.1, 0.15) is 0 Å². The Kier molecular flexibility index (Phi) is 8.13. The van der Waals surface area contributed by atoms with Crippen molar-refractivity contribution < 1.29 is 27.1 Å². The normalized spacial score (nSPS) is 15.6. The number of benzene rings is 2. The number of hydrogen-bond donors (Lipinski definition) is 1. The molecule has 0 aliphatic carbocycles. The standard InChI is InChI=1S/C22H24BrF4N3O2/c1-2-29-7-9-30(10-8-29)13-15-3-5-17(12-18(15)22(25,26)27)28-21(31)14-32-20-6-4-16(23)11-19(20)24/h3-6,11-12H,2,7-10,13-14H2,1H3,(H,28,31). The van der Waals surface area contributed by atoms with Crippen LogP contribution in [0, 0.1) is 5.82 Å². The van der Waals surface area contributed by atoms with Gasteiger partial charge in [0, 0.05) is 42.9 Å². The summed E-state index contributed by atoms with van der Waals surface area (Å²) in [6, 6.07) is 7.83. The molecule has 0 spiro atoms. The number of carbonyl (C=O) groups excluding carboxylic acids is 1. The van der Waals surface area contributed by atoms with Gasteiger partial charge in [0.05, 0.1) is 5.56 Å². The number of hydrogen-bond acceptors (Lipinski definition) is 4. The molecule has 1 aliphatic heterocycles. The Morgan fingerprint density at radius 2 is 1.78 bits per heavy atom. The zero-order valence-electron chi connectivity index (χ0n) is 17.5. The van der Waals surface area contributed by atoms with Crippen molar-refractivity contribution in [3.05, 3.63) is 57.8 Å². The number of halogens is 5. The molecular weight excluding hydrogens is 494 g/mol. The van der Waals surface area contributed by atoms with Crippen LogP contribution >= 0.6 is 15.9 Å². The number of nitrogens with one attached hydrogen (secondary N) is 1. The third-order valence-corrected chi connectivity index (χ3v) is 5.75. The predicted molar refractivity (Wildman–Crippen MR) is 117 cm³/mol. The molecule has 2 aromatic rings. The van der Waals surface area contributed by atoms with Crippen molar-refractivity contribution in [2.45, 2.75) is 19.6 Å². The number of anilines is 1. The molecule has 2 aromatic carbocycles. The number of likely N-dealkylation sites (N-methyl/N-ethyl adjacent to an activating group) is 1. The molecule has 0 aromatic heterocycles. The summed E-state index contributed by atoms with van der Waals surface area (Å²) >= 11 is 3.11. The molecule has 0 atom stereocenters. The van der Waals surface area contributed by atoms with E-state index in [4.69, 9.17) is 4.74 Å². The zero-order valence-corrected chi connectivity index (χ0v) is 19.1. The van der Waals surface area contributed by atoms with Gasteiger partial charge >= 0.3 is 6.18 Å². The summed E-state index contributed by atoms with van der Waals surface area (Å²) < 4.78 is 60.4. The highest BCUT2D eigenvalue weighted by atomic mass is 79.9. The second-order valence-corrected chi connectivity index (χ2v) is 8.41. The average molecular weight is 518 g/mol. The highest BCUT2D eigenvalue weighted by Gasteiger charge is 2.34. The molecule has 0 radical (unpaired) electrons. The van der Waals surface area contributed by atoms with Gasteiger partial charge in [-0.05, 0) is 42.4 Å². The van der Waals surface area contributed by atoms with E-state index in [9.17, 15) is 22.4 Å². The van der Waals surface area contributed by atoms with Crippen LogP contribution in [0.2, 0.25) is 0 Å². The first-order chi connectivity index (χ1) is 15.2. The van der Waals surface area contributed by atoms with Gasteiger partial charge < -0.3 is 15.0 Å². The molecule has 1 fully saturated rings. The fraction of sp³-hybridized carbons (Fsp3) is 0.409. The van der Waals surface area contributed by atoms with Crippen molar-refractivity contribution in [2.24, 2.45) is 0 Å². The Hall–Kier alpha value is -2.17. The van der Waals surface area contributed by atoms with Crippen LogP contribution in [-0.2, 0) is 17.5 Å². The monoisotopic (exact) mass is 517 g/mol. The molecule has 3 rings (SSSR count). The number of piperazine rings is 1. The van der Waals surface area contributed by atoms with Crippen molar-refractivity contribution in [3.8, 4) is 5.75 Å². The Balaban J connectivity index is 1.65. The number of carbonyl (C=O) groups is 1. The largest absolute Gasteiger partial charge is 0.481 e. The molecule has 1 saturated heterocycles. The Labute approximate surface area is 192 Å². The lowest BCUT2D eigenvalue weighted by Crippen LogP contribution is -2.45. The van der Waals surface area contributed by atoms with Crippen LogP contribution in [0.15, 0.2) is 40.9 Å². The van der Waals surface area contributed by atoms with E-state index >= 15 is 0 Å². The van der Waals surface area contributed by atoms with Crippen LogP contribution in [0.4, 0.5) is 23.2 Å². The smallest absolute Gasteiger partial charge is 0.416 e. The van der Waals surface area contributed by atoms with Gasteiger partial charge in [-0.15, -0.1) is 0 Å². The Morgan fingerprint density at radius 1 is 1.09 bits per heavy atom. The van der Waals surface area contributed by atoms with Crippen molar-refractivity contribution >= 4 is 27.5 Å². The van der Waals surface area contributed by atoms with Gasteiger partial charge in [-0.25, -0.2) is 4.39 Å². The van der Waals surface area contributed by atoms with E-state index in [1.54, 1.807) is 6.07 Å². The minimum absolute atomic E-state index is 0.00163. The van der Waals surface area contributed by atoms with Gasteiger partial charge in [-0.3, -0.25) is 9.69 Å². The van der Waals surface area contributed by atoms with Crippen LogP contribution in [-0.4, -0.2) is 55.0 Å². The molecule has 1 N–H and O–H groups in total. The molecule has 0 bridgehead atoms. The molecule has 0 saturated carbocycles. The van der Waals surface area contributed by atoms with E-state index in [0.29, 0.717) is 17.6 Å². The minimum atomic E-state index is -4.56. The molecular formula is C22H24BrF4N3O2. The maximum atomic E-state index is 13.8. The van der Waals surface area contributed by atoms with E-state index in [2.05, 4.69) is 33.1 Å². The van der Waals surface area contributed by atoms with Crippen molar-refractivity contribution in [2.75, 3.05) is 44.6 Å². The minimum Gasteiger partial charge on any atom is -0.481 e. The van der Waals surface area contributed by atoms with Crippen molar-refractivity contribution in [3.63, 3.8) is 0 Å². The fourth-order valence-electron chi connectivity index (χ4n) is 3.49. The molecule has 5 nitrogen and oxygen atoms in total. The van der Waals surface area contributed by atoms with Crippen LogP contribution < -0.4 is 10.1 Å². The maximum Gasteiger partial charge on any atom is 0.416 e. The third-order valence-electron chi connectivity index (χ3n) is 5.26. The first-order valence-electron chi connectivity index (χ1n) is 10.2. The molecule has 1 heterocycles. The molecule has 10 heteroatoms. The molecule has 1 amide bonds. The molecule has 0 unspecified atom stereocenters. The van der Waals surface area contributed by atoms with Gasteiger partial charge in [-0.2, -0.15) is 13.2 Å². The molecule has 174 valence electrons. The number of rotatable bonds is 7. The van der Waals surface area contributed by atoms with Crippen LogP contribution in [0.5, 0.6) is 5.75 Å². The lowest BCUT2D eigenvalue weighted by Gasteiger charge is -2.34. The highest BCUT2D eigenvalue weighted by Crippen LogP contribution is 2.34. The average Bonchev–Trinajstić information content (AvgIpc) is 2.74. The van der Waals surface area contributed by atoms with Gasteiger partial charge in [0.2, 0.25) is 0 Å². The second-order valence-electron chi connectivity index (χ2n) is 7.49. The number of ether oxygens (including phenoxy) is 1. The third kappa shape index (κ3) is 6.66. The van der Waals surface area contributed by atoms with Crippen LogP contribution in [0.25, 0.3) is 0 Å². The zero-order chi connectivity index (χ0) is 23.3. The summed E-state index contributed by atoms with van der Waals surface area (Å²) in [5, 5.41) is 2.38. The number of amides is 1. The summed E-state index contributed by atoms with van der Waals surface area (Å²) in [5.74, 6) is -1.47. The summed E-state index contributed by atoms with van der Waals surface area (Å²) in [6.45, 7) is 5.69.